The third-order valence-corrected chi connectivity index (χ3v) is 5.26. The molecular formula is C19H15F2NO3S. The fourth-order valence-electron chi connectivity index (χ4n) is 2.98. The maximum atomic E-state index is 13.7. The molecule has 1 amide bonds. The quantitative estimate of drug-likeness (QED) is 0.749. The lowest BCUT2D eigenvalue weighted by Gasteiger charge is -2.20. The minimum atomic E-state index is -0.362. The van der Waals surface area contributed by atoms with Crippen molar-refractivity contribution in [2.45, 2.75) is 13.0 Å². The van der Waals surface area contributed by atoms with E-state index in [1.807, 2.05) is 0 Å². The molecule has 0 radical (unpaired) electrons. The fourth-order valence-corrected chi connectivity index (χ4v) is 3.97. The largest absolute Gasteiger partial charge is 0.467 e. The van der Waals surface area contributed by atoms with Crippen molar-refractivity contribution in [3.05, 3.63) is 64.0 Å². The zero-order chi connectivity index (χ0) is 18.1. The van der Waals surface area contributed by atoms with E-state index in [2.05, 4.69) is 5.32 Å². The molecule has 4 rings (SSSR count). The molecule has 0 bridgehead atoms. The topological polar surface area (TPSA) is 47.6 Å². The van der Waals surface area contributed by atoms with Gasteiger partial charge in [-0.25, -0.2) is 8.78 Å². The summed E-state index contributed by atoms with van der Waals surface area (Å²) in [7, 11) is 0. The van der Waals surface area contributed by atoms with Crippen molar-refractivity contribution in [1.29, 1.82) is 0 Å². The average Bonchev–Trinajstić information content (AvgIpc) is 3.07. The highest BCUT2D eigenvalue weighted by molar-refractivity contribution is 7.20. The second-order valence-electron chi connectivity index (χ2n) is 5.93. The van der Waals surface area contributed by atoms with Crippen molar-refractivity contribution < 1.29 is 23.0 Å². The Labute approximate surface area is 152 Å². The van der Waals surface area contributed by atoms with E-state index in [0.717, 1.165) is 4.70 Å². The molecule has 1 N–H and O–H groups in total. The van der Waals surface area contributed by atoms with Crippen LogP contribution in [-0.4, -0.2) is 19.2 Å². The predicted molar refractivity (Wildman–Crippen MR) is 94.5 cm³/mol. The Morgan fingerprint density at radius 3 is 2.96 bits per heavy atom. The van der Waals surface area contributed by atoms with Gasteiger partial charge in [-0.1, -0.05) is 6.07 Å². The van der Waals surface area contributed by atoms with Crippen LogP contribution in [-0.2, 0) is 17.8 Å². The molecule has 2 heterocycles. The summed E-state index contributed by atoms with van der Waals surface area (Å²) in [5.74, 6) is -0.362. The van der Waals surface area contributed by atoms with E-state index in [-0.39, 0.29) is 24.3 Å². The Kier molecular flexibility index (Phi) is 4.57. The van der Waals surface area contributed by atoms with Crippen LogP contribution in [0.4, 0.5) is 8.78 Å². The van der Waals surface area contributed by atoms with Gasteiger partial charge in [0.25, 0.3) is 5.91 Å². The molecule has 0 saturated carbocycles. The molecule has 3 aromatic rings. The summed E-state index contributed by atoms with van der Waals surface area (Å²) in [5.41, 5.74) is 1.35. The molecule has 0 fully saturated rings. The summed E-state index contributed by atoms with van der Waals surface area (Å²) in [6, 6.07) is 9.11. The summed E-state index contributed by atoms with van der Waals surface area (Å²) in [6.07, 6.45) is 0.422. The lowest BCUT2D eigenvalue weighted by molar-refractivity contribution is -0.0172. The first-order chi connectivity index (χ1) is 12.6. The van der Waals surface area contributed by atoms with E-state index >= 15 is 0 Å². The second-order valence-corrected chi connectivity index (χ2v) is 7.02. The number of hydrogen-bond donors (Lipinski definition) is 1. The minimum absolute atomic E-state index is 0.130. The molecule has 0 aliphatic carbocycles. The van der Waals surface area contributed by atoms with Crippen molar-refractivity contribution >= 4 is 27.3 Å². The molecular weight excluding hydrogens is 360 g/mol. The molecule has 0 atom stereocenters. The number of thiophene rings is 1. The van der Waals surface area contributed by atoms with E-state index in [1.54, 1.807) is 18.2 Å². The van der Waals surface area contributed by atoms with E-state index in [0.29, 0.717) is 46.7 Å². The number of carbonyl (C=O) groups is 1. The zero-order valence-corrected chi connectivity index (χ0v) is 14.5. The van der Waals surface area contributed by atoms with Crippen molar-refractivity contribution in [2.75, 3.05) is 13.3 Å². The number of carbonyl (C=O) groups excluding carboxylic acids is 1. The molecule has 0 unspecified atom stereocenters. The first-order valence-electron chi connectivity index (χ1n) is 8.10. The van der Waals surface area contributed by atoms with Crippen molar-refractivity contribution in [3.63, 3.8) is 0 Å². The van der Waals surface area contributed by atoms with E-state index in [4.69, 9.17) is 9.47 Å². The molecule has 2 aromatic carbocycles. The summed E-state index contributed by atoms with van der Waals surface area (Å²) < 4.78 is 38.8. The number of benzene rings is 2. The summed E-state index contributed by atoms with van der Waals surface area (Å²) in [6.45, 7) is 0.751. The van der Waals surface area contributed by atoms with Crippen LogP contribution in [0.2, 0.25) is 0 Å². The molecule has 7 heteroatoms. The highest BCUT2D eigenvalue weighted by atomic mass is 32.1. The lowest BCUT2D eigenvalue weighted by atomic mass is 10.1. The highest BCUT2D eigenvalue weighted by Gasteiger charge is 2.17. The zero-order valence-electron chi connectivity index (χ0n) is 13.7. The Hall–Kier alpha value is -2.51. The molecule has 134 valence electrons. The van der Waals surface area contributed by atoms with Gasteiger partial charge < -0.3 is 14.8 Å². The van der Waals surface area contributed by atoms with Gasteiger partial charge in [-0.15, -0.1) is 11.3 Å². The molecule has 0 saturated heterocycles. The maximum Gasteiger partial charge on any atom is 0.261 e. The first-order valence-corrected chi connectivity index (χ1v) is 8.91. The molecule has 1 aliphatic rings. The van der Waals surface area contributed by atoms with E-state index in [9.17, 15) is 13.6 Å². The number of nitrogens with one attached hydrogen (secondary N) is 1. The molecule has 1 aromatic heterocycles. The number of amides is 1. The van der Waals surface area contributed by atoms with Gasteiger partial charge in [0.05, 0.1) is 11.5 Å². The van der Waals surface area contributed by atoms with Crippen LogP contribution in [0.25, 0.3) is 10.1 Å². The number of rotatable bonds is 4. The smallest absolute Gasteiger partial charge is 0.261 e. The Morgan fingerprint density at radius 2 is 2.12 bits per heavy atom. The van der Waals surface area contributed by atoms with Crippen LogP contribution < -0.4 is 10.1 Å². The molecule has 0 spiro atoms. The third kappa shape index (κ3) is 3.27. The Balaban J connectivity index is 1.45. The number of hydrogen-bond acceptors (Lipinski definition) is 4. The van der Waals surface area contributed by atoms with Crippen molar-refractivity contribution in [3.8, 4) is 5.75 Å². The van der Waals surface area contributed by atoms with Crippen LogP contribution in [0.15, 0.2) is 36.4 Å². The monoisotopic (exact) mass is 375 g/mol. The lowest BCUT2D eigenvalue weighted by Crippen LogP contribution is -2.25. The standard InChI is InChI=1S/C19H15F2NO3S/c20-13-6-11(18-12(7-13)9-24-10-25-18)4-5-22-19(23)17-8-14-15(21)2-1-3-16(14)26-17/h1-3,6-8H,4-5,9-10H2,(H,22,23). The average molecular weight is 375 g/mol. The number of fused-ring (bicyclic) bond motifs is 2. The van der Waals surface area contributed by atoms with Crippen LogP contribution in [0.3, 0.4) is 0 Å². The highest BCUT2D eigenvalue weighted by Crippen LogP contribution is 2.30. The van der Waals surface area contributed by atoms with E-state index < -0.39 is 0 Å². The fraction of sp³-hybridized carbons (Fsp3) is 0.211. The van der Waals surface area contributed by atoms with Gasteiger partial charge in [-0.2, -0.15) is 0 Å². The molecule has 1 aliphatic heterocycles. The maximum absolute atomic E-state index is 13.7. The van der Waals surface area contributed by atoms with Gasteiger partial charge in [0.15, 0.2) is 6.79 Å². The van der Waals surface area contributed by atoms with Gasteiger partial charge >= 0.3 is 0 Å². The van der Waals surface area contributed by atoms with Crippen LogP contribution in [0.5, 0.6) is 5.75 Å². The summed E-state index contributed by atoms with van der Waals surface area (Å²) in [5, 5.41) is 3.23. The SMILES string of the molecule is O=C(NCCc1cc(F)cc2c1OCOC2)c1cc2c(F)cccc2s1. The first kappa shape index (κ1) is 16.9. The Morgan fingerprint density at radius 1 is 1.23 bits per heavy atom. The van der Waals surface area contributed by atoms with Crippen LogP contribution >= 0.6 is 11.3 Å². The van der Waals surface area contributed by atoms with Crippen LogP contribution in [0, 0.1) is 11.6 Å². The Bertz CT molecular complexity index is 986. The van der Waals surface area contributed by atoms with Crippen molar-refractivity contribution in [2.24, 2.45) is 0 Å². The predicted octanol–water partition coefficient (Wildman–Crippen LogP) is 4.02. The van der Waals surface area contributed by atoms with Gasteiger partial charge in [0.2, 0.25) is 0 Å². The van der Waals surface area contributed by atoms with Gasteiger partial charge in [0.1, 0.15) is 17.4 Å². The summed E-state index contributed by atoms with van der Waals surface area (Å²) >= 11 is 1.24. The third-order valence-electron chi connectivity index (χ3n) is 4.16. The molecule has 26 heavy (non-hydrogen) atoms. The van der Waals surface area contributed by atoms with Crippen LogP contribution in [0.1, 0.15) is 20.8 Å². The van der Waals surface area contributed by atoms with Gasteiger partial charge in [0, 0.05) is 22.2 Å². The molecule has 4 nitrogen and oxygen atoms in total. The number of ether oxygens (including phenoxy) is 2. The van der Waals surface area contributed by atoms with Crippen molar-refractivity contribution in [1.82, 2.24) is 5.32 Å². The van der Waals surface area contributed by atoms with E-state index in [1.165, 1.54) is 29.5 Å². The number of halogens is 2. The summed E-state index contributed by atoms with van der Waals surface area (Å²) in [4.78, 5) is 12.8. The minimum Gasteiger partial charge on any atom is -0.467 e. The normalized spacial score (nSPS) is 13.3. The van der Waals surface area contributed by atoms with Gasteiger partial charge in [-0.3, -0.25) is 4.79 Å². The second kappa shape index (κ2) is 7.01. The van der Waals surface area contributed by atoms with Gasteiger partial charge in [-0.05, 0) is 42.3 Å².